The van der Waals surface area contributed by atoms with Crippen LogP contribution in [0.3, 0.4) is 0 Å². The summed E-state index contributed by atoms with van der Waals surface area (Å²) < 4.78 is 11.6. The van der Waals surface area contributed by atoms with Crippen LogP contribution in [0.5, 0.6) is 11.5 Å². The molecule has 1 heterocycles. The van der Waals surface area contributed by atoms with Crippen LogP contribution in [0.1, 0.15) is 16.7 Å². The van der Waals surface area contributed by atoms with Gasteiger partial charge in [-0.05, 0) is 71.8 Å². The molecule has 1 saturated carbocycles. The molecule has 37 heavy (non-hydrogen) atoms. The van der Waals surface area contributed by atoms with Crippen molar-refractivity contribution in [2.24, 2.45) is 11.8 Å². The fraction of sp³-hybridized carbons (Fsp3) is 0.367. The number of ether oxygens (including phenoxy) is 2. The first-order chi connectivity index (χ1) is 17.9. The van der Waals surface area contributed by atoms with Gasteiger partial charge in [-0.1, -0.05) is 48.0 Å². The van der Waals surface area contributed by atoms with Crippen LogP contribution in [0.15, 0.2) is 72.8 Å². The van der Waals surface area contributed by atoms with Crippen molar-refractivity contribution in [3.05, 3.63) is 94.5 Å². The van der Waals surface area contributed by atoms with E-state index in [1.54, 1.807) is 6.07 Å². The van der Waals surface area contributed by atoms with E-state index in [1.165, 1.54) is 5.56 Å². The molecule has 2 N–H and O–H groups in total. The van der Waals surface area contributed by atoms with Gasteiger partial charge in [-0.2, -0.15) is 0 Å². The van der Waals surface area contributed by atoms with Gasteiger partial charge in [0.05, 0.1) is 0 Å². The minimum absolute atomic E-state index is 0.282. The molecule has 6 nitrogen and oxygen atoms in total. The lowest BCUT2D eigenvalue weighted by atomic mass is 10.1. The zero-order chi connectivity index (χ0) is 25.8. The fourth-order valence-electron chi connectivity index (χ4n) is 5.26. The van der Waals surface area contributed by atoms with E-state index >= 15 is 0 Å². The molecule has 5 rings (SSSR count). The summed E-state index contributed by atoms with van der Waals surface area (Å²) in [7, 11) is 0. The van der Waals surface area contributed by atoms with Crippen molar-refractivity contribution in [1.29, 1.82) is 0 Å². The average molecular weight is 521 g/mol. The molecule has 1 aliphatic carbocycles. The number of nitrogens with zero attached hydrogens (tertiary/aromatic N) is 1. The Balaban J connectivity index is 1.00. The van der Waals surface area contributed by atoms with Crippen LogP contribution in [0.25, 0.3) is 0 Å². The van der Waals surface area contributed by atoms with Crippen LogP contribution in [-0.2, 0) is 17.8 Å². The molecule has 0 spiro atoms. The summed E-state index contributed by atoms with van der Waals surface area (Å²) >= 11 is 5.99. The summed E-state index contributed by atoms with van der Waals surface area (Å²) in [5.74, 6) is 1.83. The number of likely N-dealkylation sites (tertiary alicyclic amines) is 1. The van der Waals surface area contributed by atoms with Gasteiger partial charge in [0.15, 0.2) is 6.10 Å². The predicted octanol–water partition coefficient (Wildman–Crippen LogP) is 4.82. The topological polar surface area (TPSA) is 71.0 Å². The van der Waals surface area contributed by atoms with Crippen LogP contribution in [-0.4, -0.2) is 54.4 Å². The van der Waals surface area contributed by atoms with Crippen molar-refractivity contribution >= 4 is 17.6 Å². The third kappa shape index (κ3) is 6.83. The van der Waals surface area contributed by atoms with Crippen LogP contribution in [0, 0.1) is 18.8 Å². The number of piperidine rings is 1. The minimum atomic E-state index is -0.981. The number of carbonyl (C=O) groups is 1. The van der Waals surface area contributed by atoms with Gasteiger partial charge in [0, 0.05) is 43.7 Å². The van der Waals surface area contributed by atoms with Crippen molar-refractivity contribution in [2.45, 2.75) is 32.0 Å². The van der Waals surface area contributed by atoms with Gasteiger partial charge in [0.25, 0.3) is 0 Å². The molecule has 0 bridgehead atoms. The van der Waals surface area contributed by atoms with E-state index in [2.05, 4.69) is 22.3 Å². The number of fused-ring (bicyclic) bond motifs is 1. The summed E-state index contributed by atoms with van der Waals surface area (Å²) in [4.78, 5) is 14.2. The summed E-state index contributed by atoms with van der Waals surface area (Å²) in [6.07, 6.45) is -0.664. The Morgan fingerprint density at radius 3 is 2.41 bits per heavy atom. The third-order valence-electron chi connectivity index (χ3n) is 7.23. The van der Waals surface area contributed by atoms with Gasteiger partial charge < -0.3 is 19.9 Å². The number of hydrogen-bond donors (Lipinski definition) is 2. The number of benzene rings is 3. The molecular weight excluding hydrogens is 488 g/mol. The molecule has 0 aromatic heterocycles. The first-order valence-corrected chi connectivity index (χ1v) is 13.2. The molecule has 0 amide bonds. The first kappa shape index (κ1) is 25.6. The van der Waals surface area contributed by atoms with Crippen molar-refractivity contribution in [3.8, 4) is 11.5 Å². The van der Waals surface area contributed by atoms with Crippen molar-refractivity contribution in [1.82, 2.24) is 10.2 Å². The molecular formula is C30H33ClN2O4. The van der Waals surface area contributed by atoms with Crippen LogP contribution in [0.2, 0.25) is 5.02 Å². The van der Waals surface area contributed by atoms with E-state index in [-0.39, 0.29) is 6.42 Å². The zero-order valence-electron chi connectivity index (χ0n) is 21.0. The monoisotopic (exact) mass is 520 g/mol. The van der Waals surface area contributed by atoms with Crippen molar-refractivity contribution < 1.29 is 19.4 Å². The largest absolute Gasteiger partial charge is 0.492 e. The van der Waals surface area contributed by atoms with E-state index < -0.39 is 12.1 Å². The van der Waals surface area contributed by atoms with E-state index in [0.717, 1.165) is 59.9 Å². The maximum Gasteiger partial charge on any atom is 0.345 e. The third-order valence-corrected chi connectivity index (χ3v) is 7.48. The standard InChI is InChI=1S/C30H33ClN2O4/c1-20-3-2-4-25(15-20)37-28(30(34)35)16-21-7-11-24(12-8-21)36-14-13-32-29-26-18-33(19-27(26)29)17-22-5-9-23(31)10-6-22/h2-12,15,26-29,32H,13-14,16-19H2,1H3,(H,34,35)/t26-,27?,28+,29?/m0/s1. The number of hydrogen-bond acceptors (Lipinski definition) is 5. The fourth-order valence-corrected chi connectivity index (χ4v) is 5.38. The molecule has 1 saturated heterocycles. The molecule has 2 fully saturated rings. The SMILES string of the molecule is Cc1cccc(O[C@H](Cc2ccc(OCCNC3C4CN(Cc5ccc(Cl)cc5)C[C@@H]43)cc2)C(=O)O)c1. The molecule has 4 atom stereocenters. The lowest BCUT2D eigenvalue weighted by Crippen LogP contribution is -2.33. The summed E-state index contributed by atoms with van der Waals surface area (Å²) in [5, 5.41) is 14.0. The minimum Gasteiger partial charge on any atom is -0.492 e. The Morgan fingerprint density at radius 2 is 1.73 bits per heavy atom. The lowest BCUT2D eigenvalue weighted by molar-refractivity contribution is -0.145. The zero-order valence-corrected chi connectivity index (χ0v) is 21.7. The Bertz CT molecular complexity index is 1190. The van der Waals surface area contributed by atoms with E-state index in [4.69, 9.17) is 21.1 Å². The van der Waals surface area contributed by atoms with Gasteiger partial charge in [-0.25, -0.2) is 4.79 Å². The van der Waals surface area contributed by atoms with Crippen LogP contribution >= 0.6 is 11.6 Å². The van der Waals surface area contributed by atoms with Gasteiger partial charge in [-0.3, -0.25) is 4.90 Å². The number of halogens is 1. The first-order valence-electron chi connectivity index (χ1n) is 12.8. The molecule has 3 aromatic rings. The average Bonchev–Trinajstić information content (AvgIpc) is 3.33. The Hall–Kier alpha value is -3.06. The normalized spacial score (nSPS) is 21.3. The second-order valence-electron chi connectivity index (χ2n) is 10.1. The highest BCUT2D eigenvalue weighted by molar-refractivity contribution is 6.30. The second-order valence-corrected chi connectivity index (χ2v) is 10.5. The molecule has 1 aliphatic heterocycles. The number of carboxylic acid groups (broad SMARTS) is 1. The highest BCUT2D eigenvalue weighted by Crippen LogP contribution is 2.45. The molecule has 3 aromatic carbocycles. The Labute approximate surface area is 223 Å². The van der Waals surface area contributed by atoms with Gasteiger partial charge in [0.1, 0.15) is 18.1 Å². The maximum atomic E-state index is 11.7. The quantitative estimate of drug-likeness (QED) is 0.334. The van der Waals surface area contributed by atoms with E-state index in [0.29, 0.717) is 18.4 Å². The molecule has 2 aliphatic rings. The number of aryl methyl sites for hydroxylation is 1. The molecule has 194 valence electrons. The number of rotatable bonds is 12. The smallest absolute Gasteiger partial charge is 0.345 e. The van der Waals surface area contributed by atoms with Gasteiger partial charge >= 0.3 is 5.97 Å². The second kappa shape index (κ2) is 11.5. The number of aliphatic carboxylic acids is 1. The highest BCUT2D eigenvalue weighted by Gasteiger charge is 2.55. The summed E-state index contributed by atoms with van der Waals surface area (Å²) in [6.45, 7) is 6.61. The summed E-state index contributed by atoms with van der Waals surface area (Å²) in [5.41, 5.74) is 3.23. The summed E-state index contributed by atoms with van der Waals surface area (Å²) in [6, 6.07) is 23.7. The highest BCUT2D eigenvalue weighted by atomic mass is 35.5. The molecule has 0 radical (unpaired) electrons. The van der Waals surface area contributed by atoms with Crippen molar-refractivity contribution in [2.75, 3.05) is 26.2 Å². The number of nitrogens with one attached hydrogen (secondary N) is 1. The Morgan fingerprint density at radius 1 is 1.03 bits per heavy atom. The lowest BCUT2D eigenvalue weighted by Gasteiger charge is -2.20. The van der Waals surface area contributed by atoms with Gasteiger partial charge in [-0.15, -0.1) is 0 Å². The predicted molar refractivity (Wildman–Crippen MR) is 144 cm³/mol. The molecule has 2 unspecified atom stereocenters. The Kier molecular flexibility index (Phi) is 7.99. The molecule has 7 heteroatoms. The number of carboxylic acids is 1. The van der Waals surface area contributed by atoms with Crippen LogP contribution < -0.4 is 14.8 Å². The van der Waals surface area contributed by atoms with Crippen LogP contribution in [0.4, 0.5) is 0 Å². The van der Waals surface area contributed by atoms with E-state index in [9.17, 15) is 9.90 Å². The maximum absolute atomic E-state index is 11.7. The van der Waals surface area contributed by atoms with E-state index in [1.807, 2.05) is 61.5 Å². The van der Waals surface area contributed by atoms with Gasteiger partial charge in [0.2, 0.25) is 0 Å². The van der Waals surface area contributed by atoms with Crippen molar-refractivity contribution in [3.63, 3.8) is 0 Å².